The summed E-state index contributed by atoms with van der Waals surface area (Å²) in [7, 11) is 0. The minimum Gasteiger partial charge on any atom is -0.456 e. The van der Waals surface area contributed by atoms with Crippen molar-refractivity contribution < 1.29 is 4.42 Å². The SMILES string of the molecule is c1cc(-c2ccc3cc4sc5ccccc5c4cc3c2)cc(-c2nc3ccccc3nc2-c2cccc3oc4ccccc4c23)c1.c1ccc(-c2nc3c(ccc4ccccc43)nc2-c2cccc(-c3ccc4cc5sc6ccccc6c5cc4c3)c2)cc1.c1ccc(-c2nc3ccccc3nc2-c2cccc(-c3ccc4cc5sc6ccccc6c5cc4c3)c2)cc1. The van der Waals surface area contributed by atoms with Crippen molar-refractivity contribution in [2.24, 2.45) is 0 Å². The standard InChI is InChI=1S/C42H24N2OS.C40H24N2S.C36H22N2S/c1-5-16-36-31(12-1)40-32(13-8-17-37(40)45-36)42-41(43-34-14-3-4-15-35(34)44-42)28-10-7-9-25(21-28)26-19-20-27-24-39-33(23-29(27)22-26)30-11-2-6-18-38(30)46-39;1-2-10-26(11-3-1)38-39(41-35-20-19-25-9-4-5-14-32(25)40(35)42-38)30-13-8-12-27(21-30)28-17-18-29-24-37-34(23-31(29)22-28)33-15-6-7-16-36(33)43-37;1-2-9-23(10-3-1)35-36(38-32-15-6-5-14-31(32)37-35)27-12-8-11-24(19-27)25-17-18-26-22-34-30(21-28(26)20-25)29-13-4-7-16-33(29)39-34/h1-24H;1-24H;1-22H. The average molecular weight is 1680 g/mol. The molecule has 0 amide bonds. The molecule has 0 unspecified atom stereocenters. The quantitative estimate of drug-likeness (QED) is 0.133. The Kier molecular flexibility index (Phi) is 18.1. The van der Waals surface area contributed by atoms with Crippen LogP contribution in [0, 0.1) is 0 Å². The lowest BCUT2D eigenvalue weighted by Gasteiger charge is -2.13. The van der Waals surface area contributed by atoms with Gasteiger partial charge in [0, 0.05) is 110 Å². The van der Waals surface area contributed by atoms with E-state index in [1.54, 1.807) is 0 Å². The van der Waals surface area contributed by atoms with Gasteiger partial charge in [0.25, 0.3) is 0 Å². The maximum absolute atomic E-state index is 6.26. The molecule has 0 saturated carbocycles. The Morgan fingerprint density at radius 2 is 0.492 bits per heavy atom. The van der Waals surface area contributed by atoms with E-state index in [0.717, 1.165) is 139 Å². The number of furan rings is 1. The van der Waals surface area contributed by atoms with Crippen LogP contribution in [0.4, 0.5) is 0 Å². The summed E-state index contributed by atoms with van der Waals surface area (Å²) in [6.45, 7) is 0. The molecule has 0 aliphatic heterocycles. The lowest BCUT2D eigenvalue weighted by molar-refractivity contribution is 0.669. The first-order chi connectivity index (χ1) is 63.3. The Balaban J connectivity index is 0.000000105. The molecule has 0 bridgehead atoms. The number of fused-ring (bicyclic) bond motifs is 20. The van der Waals surface area contributed by atoms with Crippen LogP contribution in [0.1, 0.15) is 0 Å². The van der Waals surface area contributed by atoms with Crippen LogP contribution < -0.4 is 0 Å². The summed E-state index contributed by atoms with van der Waals surface area (Å²) in [5.74, 6) is 0. The van der Waals surface area contributed by atoms with Gasteiger partial charge in [-0.3, -0.25) is 0 Å². The molecule has 7 nitrogen and oxygen atoms in total. The van der Waals surface area contributed by atoms with Gasteiger partial charge in [0.2, 0.25) is 0 Å². The van der Waals surface area contributed by atoms with Gasteiger partial charge in [0.1, 0.15) is 11.2 Å². The first-order valence-electron chi connectivity index (χ1n) is 43.0. The van der Waals surface area contributed by atoms with Crippen LogP contribution in [-0.4, -0.2) is 29.9 Å². The predicted octanol–water partition coefficient (Wildman–Crippen LogP) is 33.5. The van der Waals surface area contributed by atoms with Crippen LogP contribution in [0.5, 0.6) is 0 Å². The molecule has 7 heterocycles. The Bertz CT molecular complexity index is 9190. The molecule has 0 spiro atoms. The van der Waals surface area contributed by atoms with Gasteiger partial charge in [-0.25, -0.2) is 29.9 Å². The van der Waals surface area contributed by atoms with Crippen molar-refractivity contribution in [2.45, 2.75) is 0 Å². The zero-order valence-corrected chi connectivity index (χ0v) is 71.2. The number of nitrogens with zero attached hydrogens (tertiary/aromatic N) is 6. The summed E-state index contributed by atoms with van der Waals surface area (Å²) in [5.41, 5.74) is 25.6. The Hall–Kier alpha value is -16.1. The summed E-state index contributed by atoms with van der Waals surface area (Å²) in [4.78, 5) is 31.2. The van der Waals surface area contributed by atoms with Gasteiger partial charge in [0.05, 0.1) is 67.3 Å². The van der Waals surface area contributed by atoms with Crippen molar-refractivity contribution in [3.63, 3.8) is 0 Å². The molecule has 27 rings (SSSR count). The molecule has 596 valence electrons. The van der Waals surface area contributed by atoms with E-state index < -0.39 is 0 Å². The van der Waals surface area contributed by atoms with Crippen molar-refractivity contribution >= 4 is 193 Å². The zero-order valence-electron chi connectivity index (χ0n) is 68.7. The molecule has 7 aromatic heterocycles. The monoisotopic (exact) mass is 1680 g/mol. The molecule has 0 N–H and O–H groups in total. The molecule has 128 heavy (non-hydrogen) atoms. The van der Waals surface area contributed by atoms with E-state index in [2.05, 4.69) is 340 Å². The first kappa shape index (κ1) is 74.5. The van der Waals surface area contributed by atoms with E-state index in [1.807, 2.05) is 119 Å². The molecule has 0 saturated heterocycles. The topological polar surface area (TPSA) is 90.5 Å². The fourth-order valence-corrected chi connectivity index (χ4v) is 22.0. The highest BCUT2D eigenvalue weighted by atomic mass is 32.1. The molecule has 0 aliphatic rings. The Morgan fingerprint density at radius 3 is 0.961 bits per heavy atom. The van der Waals surface area contributed by atoms with Gasteiger partial charge >= 0.3 is 0 Å². The van der Waals surface area contributed by atoms with Crippen LogP contribution in [0.2, 0.25) is 0 Å². The van der Waals surface area contributed by atoms with Crippen molar-refractivity contribution in [3.8, 4) is 101 Å². The van der Waals surface area contributed by atoms with Crippen LogP contribution in [0.25, 0.3) is 260 Å². The number of hydrogen-bond donors (Lipinski definition) is 0. The second-order valence-electron chi connectivity index (χ2n) is 32.7. The third-order valence-corrected chi connectivity index (χ3v) is 28.3. The highest BCUT2D eigenvalue weighted by molar-refractivity contribution is 7.26. The number of aromatic nitrogens is 6. The van der Waals surface area contributed by atoms with E-state index in [0.29, 0.717) is 0 Å². The van der Waals surface area contributed by atoms with E-state index in [1.165, 1.54) is 120 Å². The number of rotatable bonds is 9. The fourth-order valence-electron chi connectivity index (χ4n) is 18.6. The summed E-state index contributed by atoms with van der Waals surface area (Å²) < 4.78 is 14.2. The van der Waals surface area contributed by atoms with E-state index in [4.69, 9.17) is 34.3 Å². The summed E-state index contributed by atoms with van der Waals surface area (Å²) in [6.07, 6.45) is 0. The lowest BCUT2D eigenvalue weighted by Crippen LogP contribution is -1.96. The van der Waals surface area contributed by atoms with E-state index >= 15 is 0 Å². The average Bonchev–Trinajstić information content (AvgIpc) is 1.75. The van der Waals surface area contributed by atoms with Crippen LogP contribution >= 0.6 is 34.0 Å². The highest BCUT2D eigenvalue weighted by Crippen LogP contribution is 2.46. The molecule has 10 heteroatoms. The second-order valence-corrected chi connectivity index (χ2v) is 35.9. The maximum atomic E-state index is 6.26. The summed E-state index contributed by atoms with van der Waals surface area (Å²) >= 11 is 5.59. The molecular weight excluding hydrogens is 1610 g/mol. The number of hydrogen-bond acceptors (Lipinski definition) is 10. The van der Waals surface area contributed by atoms with Crippen molar-refractivity contribution in [1.82, 2.24) is 29.9 Å². The van der Waals surface area contributed by atoms with Crippen molar-refractivity contribution in [2.75, 3.05) is 0 Å². The van der Waals surface area contributed by atoms with Gasteiger partial charge in [-0.05, 0) is 205 Å². The largest absolute Gasteiger partial charge is 0.456 e. The molecule has 0 radical (unpaired) electrons. The van der Waals surface area contributed by atoms with Gasteiger partial charge < -0.3 is 4.42 Å². The van der Waals surface area contributed by atoms with Crippen molar-refractivity contribution in [3.05, 3.63) is 425 Å². The third kappa shape index (κ3) is 13.3. The van der Waals surface area contributed by atoms with Crippen molar-refractivity contribution in [1.29, 1.82) is 0 Å². The molecule has 0 atom stereocenters. The molecule has 0 aliphatic carbocycles. The first-order valence-corrected chi connectivity index (χ1v) is 45.4. The van der Waals surface area contributed by atoms with E-state index in [-0.39, 0.29) is 0 Å². The van der Waals surface area contributed by atoms with Gasteiger partial charge in [-0.2, -0.15) is 0 Å². The predicted molar refractivity (Wildman–Crippen MR) is 544 cm³/mol. The van der Waals surface area contributed by atoms with Gasteiger partial charge in [0.15, 0.2) is 0 Å². The highest BCUT2D eigenvalue weighted by Gasteiger charge is 2.23. The number of para-hydroxylation sites is 5. The lowest BCUT2D eigenvalue weighted by atomic mass is 9.95. The summed E-state index contributed by atoms with van der Waals surface area (Å²) in [5, 5.41) is 19.9. The zero-order chi connectivity index (χ0) is 84.3. The molecule has 0 fully saturated rings. The van der Waals surface area contributed by atoms with Crippen LogP contribution in [0.15, 0.2) is 429 Å². The van der Waals surface area contributed by atoms with Gasteiger partial charge in [-0.1, -0.05) is 291 Å². The minimum absolute atomic E-state index is 0.844. The molecule has 27 aromatic rings. The maximum Gasteiger partial charge on any atom is 0.136 e. The Morgan fingerprint density at radius 1 is 0.164 bits per heavy atom. The Labute approximate surface area is 746 Å². The normalized spacial score (nSPS) is 11.8. The molecule has 20 aromatic carbocycles. The minimum atomic E-state index is 0.844. The number of benzene rings is 20. The second kappa shape index (κ2) is 31.0. The number of thiophene rings is 3. The van der Waals surface area contributed by atoms with Crippen LogP contribution in [-0.2, 0) is 0 Å². The third-order valence-electron chi connectivity index (χ3n) is 24.9. The summed E-state index contributed by atoms with van der Waals surface area (Å²) in [6, 6.07) is 150. The van der Waals surface area contributed by atoms with Crippen LogP contribution in [0.3, 0.4) is 0 Å². The molecular formula is C118H70N6OS3. The fraction of sp³-hybridized carbons (Fsp3) is 0. The van der Waals surface area contributed by atoms with Gasteiger partial charge in [-0.15, -0.1) is 34.0 Å². The smallest absolute Gasteiger partial charge is 0.136 e. The van der Waals surface area contributed by atoms with E-state index in [9.17, 15) is 0 Å².